The predicted molar refractivity (Wildman–Crippen MR) is 159 cm³/mol. The summed E-state index contributed by atoms with van der Waals surface area (Å²) in [5, 5.41) is 1.26. The molecule has 2 fully saturated rings. The van der Waals surface area contributed by atoms with Crippen molar-refractivity contribution >= 4 is 88.3 Å². The maximum Gasteiger partial charge on any atom is 0.503 e. The molecule has 196 valence electrons. The van der Waals surface area contributed by atoms with Gasteiger partial charge in [-0.3, -0.25) is 0 Å². The number of hydrogen-bond donors (Lipinski definition) is 0. The lowest BCUT2D eigenvalue weighted by Gasteiger charge is -2.37. The Morgan fingerprint density at radius 2 is 0.818 bits per heavy atom. The van der Waals surface area contributed by atoms with E-state index in [0.717, 1.165) is 25.7 Å². The van der Waals surface area contributed by atoms with Crippen LogP contribution >= 0.6 is 70.7 Å². The summed E-state index contributed by atoms with van der Waals surface area (Å²) in [4.78, 5) is 0. The molecular formula is C18H38O6S7Si2. The average Bonchev–Trinajstić information content (AvgIpc) is 2.87. The fourth-order valence-electron chi connectivity index (χ4n) is 4.78. The third-order valence-electron chi connectivity index (χ3n) is 6.42. The lowest BCUT2D eigenvalue weighted by molar-refractivity contribution is 0.104. The molecule has 2 rings (SSSR count). The van der Waals surface area contributed by atoms with Gasteiger partial charge in [-0.2, -0.15) is 0 Å². The molecule has 4 unspecified atom stereocenters. The topological polar surface area (TPSA) is 55.4 Å². The SMILES string of the molecule is CO[Si](OC)(OC)C1CCCC(SSSSSSSC2CCCC([Si](OC)(OC)OC)C2)C1. The van der Waals surface area contributed by atoms with Gasteiger partial charge in [-0.05, 0) is 87.7 Å². The highest BCUT2D eigenvalue weighted by Gasteiger charge is 2.50. The highest BCUT2D eigenvalue weighted by Crippen LogP contribution is 2.59. The summed E-state index contributed by atoms with van der Waals surface area (Å²) in [6, 6.07) is 0. The van der Waals surface area contributed by atoms with Crippen molar-refractivity contribution in [1.29, 1.82) is 0 Å². The van der Waals surface area contributed by atoms with E-state index in [4.69, 9.17) is 26.6 Å². The summed E-state index contributed by atoms with van der Waals surface area (Å²) >= 11 is 0. The Labute approximate surface area is 228 Å². The summed E-state index contributed by atoms with van der Waals surface area (Å²) in [7, 11) is 18.7. The first kappa shape index (κ1) is 31.9. The largest absolute Gasteiger partial charge is 0.503 e. The average molecular weight is 631 g/mol. The quantitative estimate of drug-likeness (QED) is 0.0941. The van der Waals surface area contributed by atoms with Crippen LogP contribution in [0.1, 0.15) is 51.4 Å². The summed E-state index contributed by atoms with van der Waals surface area (Å²) in [5.41, 5.74) is 0.803. The molecule has 33 heavy (non-hydrogen) atoms. The van der Waals surface area contributed by atoms with E-state index in [1.807, 2.05) is 70.7 Å². The molecule has 15 heteroatoms. The zero-order valence-corrected chi connectivity index (χ0v) is 28.0. The van der Waals surface area contributed by atoms with Crippen LogP contribution in [0.15, 0.2) is 0 Å². The zero-order valence-electron chi connectivity index (χ0n) is 20.3. The van der Waals surface area contributed by atoms with Crippen molar-refractivity contribution in [2.45, 2.75) is 72.9 Å². The summed E-state index contributed by atoms with van der Waals surface area (Å²) in [6.07, 6.45) is 9.46. The van der Waals surface area contributed by atoms with Crippen molar-refractivity contribution in [3.8, 4) is 0 Å². The van der Waals surface area contributed by atoms with Crippen molar-refractivity contribution in [3.63, 3.8) is 0 Å². The minimum absolute atomic E-state index is 0.402. The highest BCUT2D eigenvalue weighted by atomic mass is 33.9. The molecule has 0 N–H and O–H groups in total. The lowest BCUT2D eigenvalue weighted by Crippen LogP contribution is -2.49. The van der Waals surface area contributed by atoms with E-state index in [1.54, 1.807) is 42.7 Å². The Bertz CT molecular complexity index is 476. The van der Waals surface area contributed by atoms with Crippen molar-refractivity contribution in [2.24, 2.45) is 0 Å². The molecular weight excluding hydrogens is 593 g/mol. The van der Waals surface area contributed by atoms with Crippen LogP contribution in [0.5, 0.6) is 0 Å². The third-order valence-corrected chi connectivity index (χ3v) is 26.8. The standard InChI is InChI=1S/C18H38O6S7Si2/c1-19-32(20-2,21-3)17-11-7-9-15(13-17)25-27-29-31-30-28-26-16-10-8-12-18(14-16)33(22-4,23-5)24-6/h15-18H,7-14H2,1-6H3. The molecule has 0 radical (unpaired) electrons. The summed E-state index contributed by atoms with van der Waals surface area (Å²) in [6.45, 7) is 0. The van der Waals surface area contributed by atoms with Crippen molar-refractivity contribution < 1.29 is 26.6 Å². The second-order valence-electron chi connectivity index (χ2n) is 7.94. The molecule has 2 aliphatic carbocycles. The fourth-order valence-corrected chi connectivity index (χ4v) is 26.3. The van der Waals surface area contributed by atoms with Crippen LogP contribution in [0.3, 0.4) is 0 Å². The van der Waals surface area contributed by atoms with Crippen molar-refractivity contribution in [1.82, 2.24) is 0 Å². The molecule has 0 aromatic carbocycles. The second-order valence-corrected chi connectivity index (χ2v) is 26.2. The summed E-state index contributed by atoms with van der Waals surface area (Å²) in [5.74, 6) is 0. The van der Waals surface area contributed by atoms with E-state index < -0.39 is 17.6 Å². The van der Waals surface area contributed by atoms with E-state index in [1.165, 1.54) is 25.7 Å². The van der Waals surface area contributed by atoms with Crippen LogP contribution in [0.2, 0.25) is 11.1 Å². The van der Waals surface area contributed by atoms with Gasteiger partial charge in [0, 0.05) is 64.2 Å². The molecule has 0 heterocycles. The van der Waals surface area contributed by atoms with E-state index in [2.05, 4.69) is 0 Å². The third kappa shape index (κ3) is 9.41. The van der Waals surface area contributed by atoms with Gasteiger partial charge in [-0.25, -0.2) is 0 Å². The molecule has 6 nitrogen and oxygen atoms in total. The Balaban J connectivity index is 1.60. The van der Waals surface area contributed by atoms with Gasteiger partial charge in [0.15, 0.2) is 0 Å². The molecule has 0 bridgehead atoms. The minimum Gasteiger partial charge on any atom is -0.377 e. The molecule has 0 spiro atoms. The maximum absolute atomic E-state index is 5.73. The maximum atomic E-state index is 5.73. The molecule has 2 aliphatic rings. The first-order chi connectivity index (χ1) is 16.0. The van der Waals surface area contributed by atoms with Gasteiger partial charge in [0.1, 0.15) is 0 Å². The number of hydrogen-bond acceptors (Lipinski definition) is 13. The van der Waals surface area contributed by atoms with Gasteiger partial charge in [0.2, 0.25) is 0 Å². The molecule has 0 aromatic rings. The van der Waals surface area contributed by atoms with Crippen LogP contribution in [0.4, 0.5) is 0 Å². The van der Waals surface area contributed by atoms with E-state index >= 15 is 0 Å². The van der Waals surface area contributed by atoms with Crippen LogP contribution in [0, 0.1) is 0 Å². The van der Waals surface area contributed by atoms with Gasteiger partial charge < -0.3 is 26.6 Å². The second kappa shape index (κ2) is 17.3. The first-order valence-electron chi connectivity index (χ1n) is 11.0. The van der Waals surface area contributed by atoms with Gasteiger partial charge in [-0.1, -0.05) is 34.4 Å². The Morgan fingerprint density at radius 1 is 0.485 bits per heavy atom. The highest BCUT2D eigenvalue weighted by molar-refractivity contribution is 9.46. The Kier molecular flexibility index (Phi) is 16.7. The molecule has 0 amide bonds. The smallest absolute Gasteiger partial charge is 0.377 e. The Morgan fingerprint density at radius 3 is 1.15 bits per heavy atom. The van der Waals surface area contributed by atoms with E-state index in [9.17, 15) is 0 Å². The molecule has 4 atom stereocenters. The van der Waals surface area contributed by atoms with E-state index in [0.29, 0.717) is 21.6 Å². The van der Waals surface area contributed by atoms with Crippen LogP contribution < -0.4 is 0 Å². The normalized spacial score (nSPS) is 27.1. The van der Waals surface area contributed by atoms with Gasteiger partial charge >= 0.3 is 17.6 Å². The van der Waals surface area contributed by atoms with Crippen LogP contribution in [0.25, 0.3) is 0 Å². The van der Waals surface area contributed by atoms with Crippen LogP contribution in [-0.4, -0.2) is 70.8 Å². The van der Waals surface area contributed by atoms with Crippen molar-refractivity contribution in [3.05, 3.63) is 0 Å². The van der Waals surface area contributed by atoms with Crippen molar-refractivity contribution in [2.75, 3.05) is 42.7 Å². The van der Waals surface area contributed by atoms with Gasteiger partial charge in [0.25, 0.3) is 0 Å². The van der Waals surface area contributed by atoms with Gasteiger partial charge in [-0.15, -0.1) is 0 Å². The zero-order chi connectivity index (χ0) is 24.2. The van der Waals surface area contributed by atoms with Gasteiger partial charge in [0.05, 0.1) is 0 Å². The summed E-state index contributed by atoms with van der Waals surface area (Å²) < 4.78 is 34.4. The molecule has 0 saturated heterocycles. The predicted octanol–water partition coefficient (Wildman–Crippen LogP) is 7.99. The Hall–Kier alpha value is 2.64. The lowest BCUT2D eigenvalue weighted by atomic mass is 9.99. The first-order valence-corrected chi connectivity index (χ1v) is 23.5. The molecule has 0 aromatic heterocycles. The van der Waals surface area contributed by atoms with Crippen LogP contribution in [-0.2, 0) is 26.6 Å². The molecule has 0 aliphatic heterocycles. The number of rotatable bonds is 16. The monoisotopic (exact) mass is 630 g/mol. The van der Waals surface area contributed by atoms with E-state index in [-0.39, 0.29) is 0 Å². The molecule has 2 saturated carbocycles. The minimum atomic E-state index is -2.53. The fraction of sp³-hybridized carbons (Fsp3) is 1.00.